The lowest BCUT2D eigenvalue weighted by molar-refractivity contribution is 0.122. The fraction of sp³-hybridized carbons (Fsp3) is 0.500. The van der Waals surface area contributed by atoms with E-state index < -0.39 is 0 Å². The highest BCUT2D eigenvalue weighted by Crippen LogP contribution is 2.18. The van der Waals surface area contributed by atoms with Crippen molar-refractivity contribution < 1.29 is 4.74 Å². The van der Waals surface area contributed by atoms with Crippen LogP contribution in [0.4, 0.5) is 5.82 Å². The molecular formula is C8H10IN3O. The maximum atomic E-state index is 5.27. The minimum atomic E-state index is 0.792. The maximum absolute atomic E-state index is 5.27. The number of halogens is 1. The number of ether oxygens (including phenoxy) is 1. The Hall–Kier alpha value is -0.430. The van der Waals surface area contributed by atoms with Gasteiger partial charge in [-0.15, -0.1) is 0 Å². The van der Waals surface area contributed by atoms with Crippen molar-refractivity contribution in [2.24, 2.45) is 0 Å². The number of anilines is 1. The SMILES string of the molecule is Ic1cncnc1N1CCOCC1. The van der Waals surface area contributed by atoms with Crippen molar-refractivity contribution >= 4 is 28.4 Å². The van der Waals surface area contributed by atoms with Crippen LogP contribution in [0, 0.1) is 3.57 Å². The van der Waals surface area contributed by atoms with Crippen molar-refractivity contribution in [3.8, 4) is 0 Å². The summed E-state index contributed by atoms with van der Waals surface area (Å²) in [6.45, 7) is 3.43. The van der Waals surface area contributed by atoms with Gasteiger partial charge in [0.25, 0.3) is 0 Å². The summed E-state index contributed by atoms with van der Waals surface area (Å²) >= 11 is 2.26. The minimum absolute atomic E-state index is 0.792. The molecule has 1 saturated heterocycles. The summed E-state index contributed by atoms with van der Waals surface area (Å²) in [7, 11) is 0. The van der Waals surface area contributed by atoms with E-state index >= 15 is 0 Å². The zero-order valence-corrected chi connectivity index (χ0v) is 9.27. The third kappa shape index (κ3) is 2.08. The van der Waals surface area contributed by atoms with E-state index in [1.807, 2.05) is 6.20 Å². The summed E-state index contributed by atoms with van der Waals surface area (Å²) in [5.41, 5.74) is 0. The highest BCUT2D eigenvalue weighted by atomic mass is 127. The number of rotatable bonds is 1. The molecule has 5 heteroatoms. The number of aromatic nitrogens is 2. The maximum Gasteiger partial charge on any atom is 0.145 e. The van der Waals surface area contributed by atoms with Crippen LogP contribution in [0.1, 0.15) is 0 Å². The summed E-state index contributed by atoms with van der Waals surface area (Å²) in [5, 5.41) is 0. The van der Waals surface area contributed by atoms with Crippen molar-refractivity contribution in [2.75, 3.05) is 31.2 Å². The van der Waals surface area contributed by atoms with Crippen LogP contribution in [-0.2, 0) is 4.74 Å². The molecule has 1 aromatic heterocycles. The Morgan fingerprint density at radius 2 is 2.15 bits per heavy atom. The molecule has 13 heavy (non-hydrogen) atoms. The molecule has 0 aromatic carbocycles. The van der Waals surface area contributed by atoms with Gasteiger partial charge in [0, 0.05) is 19.3 Å². The van der Waals surface area contributed by atoms with E-state index in [1.165, 1.54) is 0 Å². The van der Waals surface area contributed by atoms with Crippen molar-refractivity contribution in [3.05, 3.63) is 16.1 Å². The predicted octanol–water partition coefficient (Wildman–Crippen LogP) is 0.918. The number of morpholine rings is 1. The molecule has 4 nitrogen and oxygen atoms in total. The molecule has 0 spiro atoms. The van der Waals surface area contributed by atoms with Crippen LogP contribution < -0.4 is 4.90 Å². The highest BCUT2D eigenvalue weighted by Gasteiger charge is 2.14. The minimum Gasteiger partial charge on any atom is -0.378 e. The molecule has 2 rings (SSSR count). The van der Waals surface area contributed by atoms with Crippen LogP contribution in [0.25, 0.3) is 0 Å². The average molecular weight is 291 g/mol. The Kier molecular flexibility index (Phi) is 2.94. The Labute approximate surface area is 90.5 Å². The van der Waals surface area contributed by atoms with Crippen LogP contribution in [0.5, 0.6) is 0 Å². The summed E-state index contributed by atoms with van der Waals surface area (Å²) < 4.78 is 6.37. The fourth-order valence-electron chi connectivity index (χ4n) is 1.31. The Morgan fingerprint density at radius 3 is 2.85 bits per heavy atom. The van der Waals surface area contributed by atoms with Crippen LogP contribution >= 0.6 is 22.6 Å². The van der Waals surface area contributed by atoms with Gasteiger partial charge in [-0.3, -0.25) is 0 Å². The third-order valence-corrected chi connectivity index (χ3v) is 2.72. The molecule has 1 aliphatic rings. The largest absolute Gasteiger partial charge is 0.378 e. The number of hydrogen-bond acceptors (Lipinski definition) is 4. The second-order valence-electron chi connectivity index (χ2n) is 2.79. The lowest BCUT2D eigenvalue weighted by atomic mass is 10.4. The first kappa shape index (κ1) is 9.14. The molecule has 1 fully saturated rings. The first-order valence-electron chi connectivity index (χ1n) is 4.16. The third-order valence-electron chi connectivity index (χ3n) is 1.96. The van der Waals surface area contributed by atoms with Gasteiger partial charge >= 0.3 is 0 Å². The molecule has 2 heterocycles. The lowest BCUT2D eigenvalue weighted by Gasteiger charge is -2.28. The fourth-order valence-corrected chi connectivity index (χ4v) is 1.96. The van der Waals surface area contributed by atoms with Gasteiger partial charge in [0.15, 0.2) is 0 Å². The molecule has 1 aromatic rings. The summed E-state index contributed by atoms with van der Waals surface area (Å²) in [6, 6.07) is 0. The van der Waals surface area contributed by atoms with Gasteiger partial charge in [0.2, 0.25) is 0 Å². The van der Waals surface area contributed by atoms with E-state index in [-0.39, 0.29) is 0 Å². The molecule has 0 radical (unpaired) electrons. The standard InChI is InChI=1S/C8H10IN3O/c9-7-5-10-6-11-8(7)12-1-3-13-4-2-12/h5-6H,1-4H2. The molecule has 1 aliphatic heterocycles. The van der Waals surface area contributed by atoms with Crippen molar-refractivity contribution in [1.82, 2.24) is 9.97 Å². The van der Waals surface area contributed by atoms with Gasteiger partial charge in [-0.05, 0) is 22.6 Å². The van der Waals surface area contributed by atoms with Crippen molar-refractivity contribution in [3.63, 3.8) is 0 Å². The average Bonchev–Trinajstić information content (AvgIpc) is 2.20. The second kappa shape index (κ2) is 4.19. The molecule has 0 aliphatic carbocycles. The first-order chi connectivity index (χ1) is 6.38. The summed E-state index contributed by atoms with van der Waals surface area (Å²) in [4.78, 5) is 10.4. The van der Waals surface area contributed by atoms with Crippen LogP contribution in [0.2, 0.25) is 0 Å². The molecule has 0 bridgehead atoms. The van der Waals surface area contributed by atoms with Gasteiger partial charge in [0.05, 0.1) is 16.8 Å². The quantitative estimate of drug-likeness (QED) is 0.721. The van der Waals surface area contributed by atoms with Gasteiger partial charge in [-0.1, -0.05) is 0 Å². The Balaban J connectivity index is 2.18. The van der Waals surface area contributed by atoms with E-state index in [0.29, 0.717) is 0 Å². The molecular weight excluding hydrogens is 281 g/mol. The normalized spacial score (nSPS) is 17.5. The van der Waals surface area contributed by atoms with Crippen molar-refractivity contribution in [1.29, 1.82) is 0 Å². The van der Waals surface area contributed by atoms with E-state index in [4.69, 9.17) is 4.74 Å². The Bertz CT molecular complexity index is 288. The van der Waals surface area contributed by atoms with E-state index in [9.17, 15) is 0 Å². The van der Waals surface area contributed by atoms with Gasteiger partial charge in [-0.2, -0.15) is 0 Å². The number of hydrogen-bond donors (Lipinski definition) is 0. The van der Waals surface area contributed by atoms with Gasteiger partial charge in [0.1, 0.15) is 12.1 Å². The highest BCUT2D eigenvalue weighted by molar-refractivity contribution is 14.1. The molecule has 0 atom stereocenters. The van der Waals surface area contributed by atoms with Gasteiger partial charge in [-0.25, -0.2) is 9.97 Å². The molecule has 0 saturated carbocycles. The lowest BCUT2D eigenvalue weighted by Crippen LogP contribution is -2.37. The summed E-state index contributed by atoms with van der Waals surface area (Å²) in [6.07, 6.45) is 3.42. The topological polar surface area (TPSA) is 38.2 Å². The van der Waals surface area contributed by atoms with Crippen LogP contribution in [0.15, 0.2) is 12.5 Å². The van der Waals surface area contributed by atoms with Crippen molar-refractivity contribution in [2.45, 2.75) is 0 Å². The predicted molar refractivity (Wildman–Crippen MR) is 57.8 cm³/mol. The molecule has 0 amide bonds. The van der Waals surface area contributed by atoms with E-state index in [0.717, 1.165) is 35.7 Å². The zero-order valence-electron chi connectivity index (χ0n) is 7.11. The summed E-state index contributed by atoms with van der Waals surface area (Å²) in [5.74, 6) is 1.03. The van der Waals surface area contributed by atoms with E-state index in [2.05, 4.69) is 37.5 Å². The molecule has 0 N–H and O–H groups in total. The van der Waals surface area contributed by atoms with Gasteiger partial charge < -0.3 is 9.64 Å². The van der Waals surface area contributed by atoms with Crippen LogP contribution in [-0.4, -0.2) is 36.3 Å². The van der Waals surface area contributed by atoms with E-state index in [1.54, 1.807) is 6.33 Å². The first-order valence-corrected chi connectivity index (χ1v) is 5.24. The Morgan fingerprint density at radius 1 is 1.38 bits per heavy atom. The molecule has 0 unspecified atom stereocenters. The molecule has 70 valence electrons. The number of nitrogens with zero attached hydrogens (tertiary/aromatic N) is 3. The monoisotopic (exact) mass is 291 g/mol. The smallest absolute Gasteiger partial charge is 0.145 e. The van der Waals surface area contributed by atoms with Crippen LogP contribution in [0.3, 0.4) is 0 Å². The second-order valence-corrected chi connectivity index (χ2v) is 3.96. The zero-order chi connectivity index (χ0) is 9.10.